The molecule has 0 saturated heterocycles. The average molecular weight is 470 g/mol. The summed E-state index contributed by atoms with van der Waals surface area (Å²) in [5, 5.41) is 5.35. The number of carbonyl (C=O) groups is 3. The predicted molar refractivity (Wildman–Crippen MR) is 126 cm³/mol. The molecule has 2 aromatic carbocycles. The highest BCUT2D eigenvalue weighted by atomic mass is 17.2. The number of alkyl carbamates (subject to hydrolysis) is 1. The predicted octanol–water partition coefficient (Wildman–Crippen LogP) is 3.26. The largest absolute Gasteiger partial charge is 0.444 e. The molecule has 2 aromatic rings. The summed E-state index contributed by atoms with van der Waals surface area (Å²) in [5.41, 5.74) is 5.79. The Morgan fingerprint density at radius 2 is 1.68 bits per heavy atom. The van der Waals surface area contributed by atoms with E-state index in [-0.39, 0.29) is 12.2 Å². The first kappa shape index (κ1) is 25.0. The molecule has 0 spiro atoms. The Morgan fingerprint density at radius 1 is 1.03 bits per heavy atom. The van der Waals surface area contributed by atoms with E-state index in [2.05, 4.69) is 10.6 Å². The van der Waals surface area contributed by atoms with Crippen LogP contribution in [-0.2, 0) is 32.1 Å². The van der Waals surface area contributed by atoms with E-state index in [1.165, 1.54) is 6.07 Å². The second-order valence-corrected chi connectivity index (χ2v) is 9.38. The maximum atomic E-state index is 13.3. The number of hydrogen-bond acceptors (Lipinski definition) is 7. The quantitative estimate of drug-likeness (QED) is 0.437. The fourth-order valence-electron chi connectivity index (χ4n) is 3.62. The van der Waals surface area contributed by atoms with E-state index >= 15 is 0 Å². The van der Waals surface area contributed by atoms with E-state index in [1.807, 2.05) is 24.3 Å². The van der Waals surface area contributed by atoms with Crippen molar-refractivity contribution in [2.45, 2.75) is 64.1 Å². The summed E-state index contributed by atoms with van der Waals surface area (Å²) < 4.78 is 5.39. The number of para-hydroxylation sites is 2. The number of carbonyl (C=O) groups excluding carboxylic acids is 3. The fourth-order valence-corrected chi connectivity index (χ4v) is 3.62. The first-order chi connectivity index (χ1) is 16.0. The Hall–Kier alpha value is -3.59. The van der Waals surface area contributed by atoms with Gasteiger partial charge in [-0.25, -0.2) is 14.5 Å². The first-order valence-electron chi connectivity index (χ1n) is 11.1. The zero-order valence-electron chi connectivity index (χ0n) is 19.8. The molecule has 1 aliphatic carbocycles. The monoisotopic (exact) mass is 469 g/mol. The highest BCUT2D eigenvalue weighted by Gasteiger charge is 2.46. The Kier molecular flexibility index (Phi) is 7.46. The first-order valence-corrected chi connectivity index (χ1v) is 11.1. The molecule has 9 nitrogen and oxygen atoms in total. The molecule has 0 bridgehead atoms. The van der Waals surface area contributed by atoms with Gasteiger partial charge < -0.3 is 21.1 Å². The van der Waals surface area contributed by atoms with Crippen molar-refractivity contribution in [3.63, 3.8) is 0 Å². The molecule has 0 fully saturated rings. The molecular weight excluding hydrogens is 438 g/mol. The molecule has 0 heterocycles. The minimum Gasteiger partial charge on any atom is -0.444 e. The summed E-state index contributed by atoms with van der Waals surface area (Å²) in [6, 6.07) is 13.5. The molecule has 0 saturated carbocycles. The van der Waals surface area contributed by atoms with Crippen LogP contribution in [0.5, 0.6) is 5.75 Å². The van der Waals surface area contributed by atoms with Crippen LogP contribution in [0.1, 0.15) is 45.2 Å². The summed E-state index contributed by atoms with van der Waals surface area (Å²) in [5.74, 6) is -1.08. The van der Waals surface area contributed by atoms with Gasteiger partial charge in [-0.15, -0.1) is 0 Å². The molecule has 0 radical (unpaired) electrons. The number of ether oxygens (including phenoxy) is 1. The van der Waals surface area contributed by atoms with Crippen LogP contribution in [0.4, 0.5) is 10.5 Å². The minimum absolute atomic E-state index is 0.119. The molecule has 34 heavy (non-hydrogen) atoms. The molecular formula is C25H31N3O6. The summed E-state index contributed by atoms with van der Waals surface area (Å²) in [4.78, 5) is 48.5. The molecule has 2 amide bonds. The molecule has 4 N–H and O–H groups in total. The third-order valence-corrected chi connectivity index (χ3v) is 5.33. The van der Waals surface area contributed by atoms with Gasteiger partial charge in [-0.05, 0) is 63.8 Å². The van der Waals surface area contributed by atoms with Crippen LogP contribution in [0.3, 0.4) is 0 Å². The lowest BCUT2D eigenvalue weighted by Crippen LogP contribution is -2.59. The van der Waals surface area contributed by atoms with Crippen LogP contribution >= 0.6 is 0 Å². The summed E-state index contributed by atoms with van der Waals surface area (Å²) >= 11 is 0. The van der Waals surface area contributed by atoms with E-state index in [4.69, 9.17) is 20.2 Å². The maximum Gasteiger partial charge on any atom is 0.408 e. The number of amides is 2. The van der Waals surface area contributed by atoms with Crippen LogP contribution in [0, 0.1) is 0 Å². The number of benzene rings is 2. The van der Waals surface area contributed by atoms with Crippen molar-refractivity contribution in [3.8, 4) is 5.75 Å². The lowest BCUT2D eigenvalue weighted by atomic mass is 9.78. The smallest absolute Gasteiger partial charge is 0.408 e. The third-order valence-electron chi connectivity index (χ3n) is 5.33. The van der Waals surface area contributed by atoms with Crippen LogP contribution in [0.15, 0.2) is 48.5 Å². The van der Waals surface area contributed by atoms with Gasteiger partial charge in [-0.1, -0.05) is 36.4 Å². The summed E-state index contributed by atoms with van der Waals surface area (Å²) in [6.45, 7) is 6.77. The maximum absolute atomic E-state index is 13.3. The lowest BCUT2D eigenvalue weighted by Gasteiger charge is -2.36. The van der Waals surface area contributed by atoms with Gasteiger partial charge in [0.2, 0.25) is 11.7 Å². The molecule has 0 aromatic heterocycles. The SMILES string of the molecule is CC(N)C(=O)Nc1ccccc1OOC(=O)[C@]1(NC(=O)OC(C)(C)C)CCc2ccccc2C1. The van der Waals surface area contributed by atoms with Gasteiger partial charge in [0.05, 0.1) is 11.7 Å². The molecule has 182 valence electrons. The van der Waals surface area contributed by atoms with Crippen molar-refractivity contribution in [3.05, 3.63) is 59.7 Å². The standard InChI is InChI=1S/C25H31N3O6/c1-16(26)21(29)27-19-11-7-8-12-20(19)33-34-22(30)25(28-23(31)32-24(2,3)4)14-13-17-9-5-6-10-18(17)15-25/h5-12,16H,13-15,26H2,1-4H3,(H,27,29)(H,28,31)/t16?,25-/m0/s1. The van der Waals surface area contributed by atoms with Crippen LogP contribution in [0.2, 0.25) is 0 Å². The van der Waals surface area contributed by atoms with Gasteiger partial charge in [0.1, 0.15) is 11.1 Å². The summed E-state index contributed by atoms with van der Waals surface area (Å²) in [6.07, 6.45) is 0.345. The van der Waals surface area contributed by atoms with Crippen molar-refractivity contribution in [2.24, 2.45) is 5.73 Å². The van der Waals surface area contributed by atoms with Crippen molar-refractivity contribution in [1.29, 1.82) is 0 Å². The number of nitrogens with one attached hydrogen (secondary N) is 2. The van der Waals surface area contributed by atoms with E-state index in [0.29, 0.717) is 18.5 Å². The normalized spacial score (nSPS) is 18.1. The Labute approximate surface area is 198 Å². The second-order valence-electron chi connectivity index (χ2n) is 9.38. The van der Waals surface area contributed by atoms with Crippen LogP contribution in [-0.4, -0.2) is 35.2 Å². The topological polar surface area (TPSA) is 129 Å². The molecule has 9 heteroatoms. The zero-order chi connectivity index (χ0) is 24.9. The second kappa shape index (κ2) is 10.1. The van der Waals surface area contributed by atoms with Crippen molar-refractivity contribution < 1.29 is 28.9 Å². The number of nitrogens with two attached hydrogens (primary N) is 1. The van der Waals surface area contributed by atoms with Crippen LogP contribution < -0.4 is 21.3 Å². The highest BCUT2D eigenvalue weighted by Crippen LogP contribution is 2.31. The van der Waals surface area contributed by atoms with E-state index in [0.717, 1.165) is 11.1 Å². The Balaban J connectivity index is 1.81. The average Bonchev–Trinajstić information content (AvgIpc) is 2.76. The Bertz CT molecular complexity index is 1060. The summed E-state index contributed by atoms with van der Waals surface area (Å²) in [7, 11) is 0. The molecule has 1 unspecified atom stereocenters. The zero-order valence-corrected chi connectivity index (χ0v) is 19.8. The molecule has 1 aliphatic rings. The van der Waals surface area contributed by atoms with Gasteiger partial charge in [-0.3, -0.25) is 9.68 Å². The number of rotatable bonds is 6. The number of aryl methyl sites for hydroxylation is 1. The van der Waals surface area contributed by atoms with E-state index < -0.39 is 35.2 Å². The van der Waals surface area contributed by atoms with Gasteiger partial charge in [0.15, 0.2) is 0 Å². The van der Waals surface area contributed by atoms with Gasteiger partial charge in [-0.2, -0.15) is 0 Å². The minimum atomic E-state index is -1.39. The number of hydrogen-bond donors (Lipinski definition) is 3. The van der Waals surface area contributed by atoms with Crippen LogP contribution in [0.25, 0.3) is 0 Å². The van der Waals surface area contributed by atoms with Crippen molar-refractivity contribution >= 4 is 23.7 Å². The lowest BCUT2D eigenvalue weighted by molar-refractivity contribution is -0.221. The highest BCUT2D eigenvalue weighted by molar-refractivity contribution is 5.95. The van der Waals surface area contributed by atoms with Gasteiger partial charge in [0.25, 0.3) is 0 Å². The van der Waals surface area contributed by atoms with E-state index in [9.17, 15) is 14.4 Å². The van der Waals surface area contributed by atoms with Crippen molar-refractivity contribution in [2.75, 3.05) is 5.32 Å². The molecule has 3 rings (SSSR count). The van der Waals surface area contributed by atoms with E-state index in [1.54, 1.807) is 45.9 Å². The van der Waals surface area contributed by atoms with Gasteiger partial charge in [0, 0.05) is 6.42 Å². The van der Waals surface area contributed by atoms with Gasteiger partial charge >= 0.3 is 12.1 Å². The number of fused-ring (bicyclic) bond motifs is 1. The number of anilines is 1. The molecule has 0 aliphatic heterocycles. The fraction of sp³-hybridized carbons (Fsp3) is 0.400. The van der Waals surface area contributed by atoms with Crippen molar-refractivity contribution in [1.82, 2.24) is 5.32 Å². The third kappa shape index (κ3) is 6.26. The Morgan fingerprint density at radius 3 is 2.35 bits per heavy atom. The molecule has 2 atom stereocenters.